The predicted molar refractivity (Wildman–Crippen MR) is 61.9 cm³/mol. The highest BCUT2D eigenvalue weighted by molar-refractivity contribution is 5.25. The second kappa shape index (κ2) is 6.09. The molecule has 86 valence electrons. The average Bonchev–Trinajstić information content (AvgIpc) is 2.30. The van der Waals surface area contributed by atoms with Crippen LogP contribution in [0.15, 0.2) is 18.3 Å². The Morgan fingerprint density at radius 2 is 2.38 bits per heavy atom. The molecule has 1 aromatic heterocycles. The molecule has 0 aliphatic carbocycles. The highest BCUT2D eigenvalue weighted by Crippen LogP contribution is 2.16. The number of nitrogens with zero attached hydrogens (tertiary/aromatic N) is 3. The minimum atomic E-state index is 0.231. The Morgan fingerprint density at radius 3 is 3.00 bits per heavy atom. The molecule has 1 atom stereocenters. The summed E-state index contributed by atoms with van der Waals surface area (Å²) in [7, 11) is 3.61. The maximum Gasteiger partial charge on any atom is 0.217 e. The summed E-state index contributed by atoms with van der Waals surface area (Å²) in [6, 6.07) is 6.28. The molecule has 0 radical (unpaired) electrons. The smallest absolute Gasteiger partial charge is 0.217 e. The quantitative estimate of drug-likeness (QED) is 0.758. The molecule has 0 N–H and O–H groups in total. The van der Waals surface area contributed by atoms with Crippen LogP contribution in [0, 0.1) is 11.3 Å². The molecule has 1 unspecified atom stereocenters. The summed E-state index contributed by atoms with van der Waals surface area (Å²) in [5.41, 5.74) is 1.04. The fourth-order valence-corrected chi connectivity index (χ4v) is 1.44. The van der Waals surface area contributed by atoms with Crippen molar-refractivity contribution in [2.45, 2.75) is 25.9 Å². The molecule has 0 amide bonds. The lowest BCUT2D eigenvalue weighted by atomic mass is 10.2. The fraction of sp³-hybridized carbons (Fsp3) is 0.500. The number of rotatable bonds is 5. The Bertz CT molecular complexity index is 373. The molecule has 0 aromatic carbocycles. The predicted octanol–water partition coefficient (Wildman–Crippen LogP) is 1.82. The maximum absolute atomic E-state index is 8.64. The normalized spacial score (nSPS) is 12.2. The van der Waals surface area contributed by atoms with Crippen molar-refractivity contribution in [3.05, 3.63) is 23.9 Å². The Kier molecular flexibility index (Phi) is 4.74. The lowest BCUT2D eigenvalue weighted by Gasteiger charge is -2.23. The van der Waals surface area contributed by atoms with E-state index < -0.39 is 0 Å². The third-order valence-electron chi connectivity index (χ3n) is 2.60. The summed E-state index contributed by atoms with van der Waals surface area (Å²) in [6.45, 7) is 2.77. The minimum Gasteiger partial charge on any atom is -0.481 e. The van der Waals surface area contributed by atoms with E-state index in [9.17, 15) is 0 Å². The minimum absolute atomic E-state index is 0.231. The first kappa shape index (κ1) is 12.5. The number of methoxy groups -OCH3 is 1. The molecule has 1 rings (SSSR count). The molecule has 0 spiro atoms. The van der Waals surface area contributed by atoms with Gasteiger partial charge < -0.3 is 4.74 Å². The summed E-state index contributed by atoms with van der Waals surface area (Å²) >= 11 is 0. The largest absolute Gasteiger partial charge is 0.481 e. The summed E-state index contributed by atoms with van der Waals surface area (Å²) in [6.07, 6.45) is 2.24. The number of aromatic nitrogens is 1. The molecule has 16 heavy (non-hydrogen) atoms. The van der Waals surface area contributed by atoms with Crippen LogP contribution in [0.3, 0.4) is 0 Å². The zero-order chi connectivity index (χ0) is 12.0. The first-order valence-corrected chi connectivity index (χ1v) is 5.24. The van der Waals surface area contributed by atoms with Gasteiger partial charge in [0.1, 0.15) is 0 Å². The van der Waals surface area contributed by atoms with Gasteiger partial charge in [-0.3, -0.25) is 4.90 Å². The van der Waals surface area contributed by atoms with Crippen molar-refractivity contribution in [1.29, 1.82) is 5.26 Å². The van der Waals surface area contributed by atoms with Crippen molar-refractivity contribution in [3.8, 4) is 11.9 Å². The van der Waals surface area contributed by atoms with Gasteiger partial charge in [0.15, 0.2) is 0 Å². The number of hydrogen-bond acceptors (Lipinski definition) is 4. The van der Waals surface area contributed by atoms with E-state index in [1.165, 1.54) is 0 Å². The molecule has 0 bridgehead atoms. The molecule has 0 saturated heterocycles. The summed E-state index contributed by atoms with van der Waals surface area (Å²) in [4.78, 5) is 6.26. The molecule has 4 nitrogen and oxygen atoms in total. The van der Waals surface area contributed by atoms with Gasteiger partial charge in [0.05, 0.1) is 19.6 Å². The zero-order valence-electron chi connectivity index (χ0n) is 9.97. The number of pyridine rings is 1. The van der Waals surface area contributed by atoms with Gasteiger partial charge in [-0.05, 0) is 20.0 Å². The molecule has 0 saturated carbocycles. The van der Waals surface area contributed by atoms with E-state index >= 15 is 0 Å². The first-order chi connectivity index (χ1) is 7.69. The standard InChI is InChI=1S/C12H17N3O/c1-10(6-7-13)15(2)9-11-5-4-8-14-12(11)16-3/h4-5,8,10H,6,9H2,1-3H3. The van der Waals surface area contributed by atoms with Crippen LogP contribution in [0.1, 0.15) is 18.9 Å². The molecular formula is C12H17N3O. The molecule has 4 heteroatoms. The average molecular weight is 219 g/mol. The van der Waals surface area contributed by atoms with Crippen molar-refractivity contribution < 1.29 is 4.74 Å². The Morgan fingerprint density at radius 1 is 1.62 bits per heavy atom. The molecular weight excluding hydrogens is 202 g/mol. The third-order valence-corrected chi connectivity index (χ3v) is 2.60. The second-order valence-corrected chi connectivity index (χ2v) is 3.80. The van der Waals surface area contributed by atoms with Crippen LogP contribution in [0.4, 0.5) is 0 Å². The topological polar surface area (TPSA) is 49.1 Å². The summed E-state index contributed by atoms with van der Waals surface area (Å²) in [5, 5.41) is 8.64. The molecule has 1 heterocycles. The van der Waals surface area contributed by atoms with Crippen molar-refractivity contribution >= 4 is 0 Å². The maximum atomic E-state index is 8.64. The van der Waals surface area contributed by atoms with Crippen LogP contribution in [-0.2, 0) is 6.54 Å². The Labute approximate surface area is 96.5 Å². The van der Waals surface area contributed by atoms with E-state index in [0.29, 0.717) is 12.3 Å². The van der Waals surface area contributed by atoms with Gasteiger partial charge in [-0.1, -0.05) is 6.07 Å². The summed E-state index contributed by atoms with van der Waals surface area (Å²) in [5.74, 6) is 0.651. The first-order valence-electron chi connectivity index (χ1n) is 5.24. The molecule has 0 aliphatic rings. The van der Waals surface area contributed by atoms with E-state index in [2.05, 4.69) is 16.0 Å². The van der Waals surface area contributed by atoms with Crippen LogP contribution in [0.2, 0.25) is 0 Å². The van der Waals surface area contributed by atoms with Gasteiger partial charge in [-0.25, -0.2) is 4.98 Å². The lowest BCUT2D eigenvalue weighted by Crippen LogP contribution is -2.28. The van der Waals surface area contributed by atoms with Crippen LogP contribution >= 0.6 is 0 Å². The van der Waals surface area contributed by atoms with Gasteiger partial charge in [-0.15, -0.1) is 0 Å². The number of nitriles is 1. The van der Waals surface area contributed by atoms with E-state index in [1.54, 1.807) is 13.3 Å². The van der Waals surface area contributed by atoms with Gasteiger partial charge in [0, 0.05) is 24.3 Å². The van der Waals surface area contributed by atoms with Crippen molar-refractivity contribution in [2.75, 3.05) is 14.2 Å². The number of hydrogen-bond donors (Lipinski definition) is 0. The van der Waals surface area contributed by atoms with Crippen molar-refractivity contribution in [1.82, 2.24) is 9.88 Å². The van der Waals surface area contributed by atoms with Gasteiger partial charge >= 0.3 is 0 Å². The lowest BCUT2D eigenvalue weighted by molar-refractivity contribution is 0.247. The van der Waals surface area contributed by atoms with Gasteiger partial charge in [0.25, 0.3) is 0 Å². The van der Waals surface area contributed by atoms with E-state index in [1.807, 2.05) is 26.1 Å². The highest BCUT2D eigenvalue weighted by atomic mass is 16.5. The fourth-order valence-electron chi connectivity index (χ4n) is 1.44. The number of ether oxygens (including phenoxy) is 1. The SMILES string of the molecule is COc1ncccc1CN(C)C(C)CC#N. The van der Waals surface area contributed by atoms with Crippen molar-refractivity contribution in [3.63, 3.8) is 0 Å². The van der Waals surface area contributed by atoms with E-state index in [0.717, 1.165) is 12.1 Å². The second-order valence-electron chi connectivity index (χ2n) is 3.80. The molecule has 0 aliphatic heterocycles. The molecule has 0 fully saturated rings. The molecule has 1 aromatic rings. The Balaban J connectivity index is 2.69. The zero-order valence-corrected chi connectivity index (χ0v) is 9.97. The van der Waals surface area contributed by atoms with Crippen LogP contribution < -0.4 is 4.74 Å². The monoisotopic (exact) mass is 219 g/mol. The Hall–Kier alpha value is -1.60. The van der Waals surface area contributed by atoms with E-state index in [-0.39, 0.29) is 6.04 Å². The van der Waals surface area contributed by atoms with Gasteiger partial charge in [-0.2, -0.15) is 5.26 Å². The van der Waals surface area contributed by atoms with Crippen LogP contribution in [0.25, 0.3) is 0 Å². The van der Waals surface area contributed by atoms with Crippen molar-refractivity contribution in [2.24, 2.45) is 0 Å². The summed E-state index contributed by atoms with van der Waals surface area (Å²) < 4.78 is 5.18. The highest BCUT2D eigenvalue weighted by Gasteiger charge is 2.11. The van der Waals surface area contributed by atoms with Gasteiger partial charge in [0.2, 0.25) is 5.88 Å². The van der Waals surface area contributed by atoms with Crippen LogP contribution in [-0.4, -0.2) is 30.1 Å². The third kappa shape index (κ3) is 3.21. The van der Waals surface area contributed by atoms with Crippen LogP contribution in [0.5, 0.6) is 5.88 Å². The van der Waals surface area contributed by atoms with E-state index in [4.69, 9.17) is 10.00 Å².